The van der Waals surface area contributed by atoms with Crippen molar-refractivity contribution in [2.75, 3.05) is 0 Å². The molecule has 0 radical (unpaired) electrons. The maximum absolute atomic E-state index is 13.2. The second-order valence-electron chi connectivity index (χ2n) is 3.27. The van der Waals surface area contributed by atoms with Crippen molar-refractivity contribution in [2.24, 2.45) is 0 Å². The summed E-state index contributed by atoms with van der Waals surface area (Å²) >= 11 is 5.06. The largest absolute Gasteiger partial charge is 0.306 e. The predicted molar refractivity (Wildman–Crippen MR) is 66.8 cm³/mol. The van der Waals surface area contributed by atoms with E-state index < -0.39 is 0 Å². The zero-order valence-electron chi connectivity index (χ0n) is 8.41. The van der Waals surface area contributed by atoms with E-state index in [0.717, 1.165) is 11.0 Å². The summed E-state index contributed by atoms with van der Waals surface area (Å²) in [6.45, 7) is 1.18. The van der Waals surface area contributed by atoms with Gasteiger partial charge in [0.05, 0.1) is 5.69 Å². The lowest BCUT2D eigenvalue weighted by Crippen LogP contribution is -2.14. The van der Waals surface area contributed by atoms with Crippen molar-refractivity contribution in [3.8, 4) is 0 Å². The Morgan fingerprint density at radius 3 is 3.00 bits per heavy atom. The molecule has 0 atom stereocenters. The molecular formula is C11H10BrFN2S. The van der Waals surface area contributed by atoms with Crippen LogP contribution >= 0.6 is 27.3 Å². The van der Waals surface area contributed by atoms with E-state index in [1.807, 2.05) is 11.4 Å². The van der Waals surface area contributed by atoms with Gasteiger partial charge >= 0.3 is 0 Å². The van der Waals surface area contributed by atoms with Gasteiger partial charge in [-0.1, -0.05) is 0 Å². The van der Waals surface area contributed by atoms with Crippen LogP contribution in [0.3, 0.4) is 0 Å². The highest BCUT2D eigenvalue weighted by molar-refractivity contribution is 9.10. The van der Waals surface area contributed by atoms with Gasteiger partial charge in [-0.2, -0.15) is 0 Å². The first-order valence-corrected chi connectivity index (χ1v) is 6.46. The van der Waals surface area contributed by atoms with Crippen molar-refractivity contribution < 1.29 is 4.39 Å². The quantitative estimate of drug-likeness (QED) is 0.937. The molecule has 0 amide bonds. The van der Waals surface area contributed by atoms with Crippen LogP contribution in [0.4, 0.5) is 4.39 Å². The predicted octanol–water partition coefficient (Wildman–Crippen LogP) is 3.33. The Hall–Kier alpha value is -0.780. The Morgan fingerprint density at radius 2 is 2.31 bits per heavy atom. The zero-order valence-corrected chi connectivity index (χ0v) is 10.8. The van der Waals surface area contributed by atoms with E-state index in [-0.39, 0.29) is 5.82 Å². The summed E-state index contributed by atoms with van der Waals surface area (Å²) in [7, 11) is 0. The fourth-order valence-electron chi connectivity index (χ4n) is 1.30. The topological polar surface area (TPSA) is 24.9 Å². The molecule has 0 aliphatic heterocycles. The average Bonchev–Trinajstić information content (AvgIpc) is 2.67. The van der Waals surface area contributed by atoms with Crippen molar-refractivity contribution in [3.63, 3.8) is 0 Å². The van der Waals surface area contributed by atoms with E-state index in [1.54, 1.807) is 23.6 Å². The second-order valence-corrected chi connectivity index (χ2v) is 5.18. The van der Waals surface area contributed by atoms with Gasteiger partial charge in [-0.15, -0.1) is 11.3 Å². The average molecular weight is 301 g/mol. The molecule has 2 aromatic rings. The highest BCUT2D eigenvalue weighted by Crippen LogP contribution is 2.19. The van der Waals surface area contributed by atoms with E-state index in [9.17, 15) is 4.39 Å². The maximum Gasteiger partial charge on any atom is 0.146 e. The molecule has 0 bridgehead atoms. The molecule has 0 spiro atoms. The molecule has 5 heteroatoms. The lowest BCUT2D eigenvalue weighted by molar-refractivity contribution is 0.575. The Morgan fingerprint density at radius 1 is 1.44 bits per heavy atom. The van der Waals surface area contributed by atoms with Crippen LogP contribution in [0.1, 0.15) is 10.6 Å². The van der Waals surface area contributed by atoms with Gasteiger partial charge in [0.15, 0.2) is 0 Å². The first kappa shape index (κ1) is 11.7. The Labute approximate surface area is 106 Å². The fraction of sp³-hybridized carbons (Fsp3) is 0.182. The van der Waals surface area contributed by atoms with Crippen LogP contribution in [-0.2, 0) is 13.1 Å². The number of thiophene rings is 1. The van der Waals surface area contributed by atoms with Crippen LogP contribution in [0.25, 0.3) is 0 Å². The Bertz CT molecular complexity index is 473. The smallest absolute Gasteiger partial charge is 0.146 e. The molecule has 2 nitrogen and oxygen atoms in total. The van der Waals surface area contributed by atoms with Crippen molar-refractivity contribution in [3.05, 3.63) is 50.6 Å². The Balaban J connectivity index is 1.87. The molecule has 0 saturated heterocycles. The van der Waals surface area contributed by atoms with Crippen molar-refractivity contribution in [2.45, 2.75) is 13.1 Å². The van der Waals surface area contributed by atoms with Crippen LogP contribution in [0.5, 0.6) is 0 Å². The monoisotopic (exact) mass is 300 g/mol. The molecule has 2 heterocycles. The molecule has 0 unspecified atom stereocenters. The van der Waals surface area contributed by atoms with E-state index >= 15 is 0 Å². The number of halogens is 2. The highest BCUT2D eigenvalue weighted by Gasteiger charge is 2.02. The summed E-state index contributed by atoms with van der Waals surface area (Å²) in [6, 6.07) is 5.06. The zero-order chi connectivity index (χ0) is 11.4. The SMILES string of the molecule is Fc1cccnc1CNCc1cc(Br)cs1. The van der Waals surface area contributed by atoms with E-state index in [2.05, 4.69) is 26.2 Å². The van der Waals surface area contributed by atoms with E-state index in [0.29, 0.717) is 12.2 Å². The molecule has 0 aliphatic rings. The number of nitrogens with one attached hydrogen (secondary N) is 1. The first-order valence-electron chi connectivity index (χ1n) is 4.79. The molecule has 1 N–H and O–H groups in total. The number of hydrogen-bond acceptors (Lipinski definition) is 3. The molecule has 0 aliphatic carbocycles. The first-order chi connectivity index (χ1) is 7.75. The summed E-state index contributed by atoms with van der Waals surface area (Å²) in [5.74, 6) is -0.262. The molecule has 0 fully saturated rings. The molecule has 2 aromatic heterocycles. The van der Waals surface area contributed by atoms with Crippen molar-refractivity contribution in [1.82, 2.24) is 10.3 Å². The minimum Gasteiger partial charge on any atom is -0.306 e. The van der Waals surface area contributed by atoms with Gasteiger partial charge in [0.25, 0.3) is 0 Å². The minimum absolute atomic E-state index is 0.262. The number of pyridine rings is 1. The molecule has 84 valence electrons. The number of hydrogen-bond donors (Lipinski definition) is 1. The number of aromatic nitrogens is 1. The number of nitrogens with zero attached hydrogens (tertiary/aromatic N) is 1. The van der Waals surface area contributed by atoms with Crippen LogP contribution in [-0.4, -0.2) is 4.98 Å². The van der Waals surface area contributed by atoms with Crippen molar-refractivity contribution in [1.29, 1.82) is 0 Å². The van der Waals surface area contributed by atoms with Gasteiger partial charge in [-0.25, -0.2) is 4.39 Å². The maximum atomic E-state index is 13.2. The van der Waals surface area contributed by atoms with Gasteiger partial charge in [-0.3, -0.25) is 4.98 Å². The van der Waals surface area contributed by atoms with Gasteiger partial charge in [0, 0.05) is 34.0 Å². The molecule has 0 aromatic carbocycles. The summed E-state index contributed by atoms with van der Waals surface area (Å²) in [5, 5.41) is 5.19. The fourth-order valence-corrected chi connectivity index (χ4v) is 2.72. The van der Waals surface area contributed by atoms with Crippen LogP contribution in [0, 0.1) is 5.82 Å². The van der Waals surface area contributed by atoms with Gasteiger partial charge in [0.2, 0.25) is 0 Å². The van der Waals surface area contributed by atoms with Crippen molar-refractivity contribution >= 4 is 27.3 Å². The summed E-state index contributed by atoms with van der Waals surface area (Å²) in [4.78, 5) is 5.18. The molecule has 16 heavy (non-hydrogen) atoms. The normalized spacial score (nSPS) is 10.6. The third-order valence-corrected chi connectivity index (χ3v) is 3.75. The second kappa shape index (κ2) is 5.52. The van der Waals surface area contributed by atoms with Crippen LogP contribution < -0.4 is 5.32 Å². The third kappa shape index (κ3) is 3.10. The lowest BCUT2D eigenvalue weighted by atomic mass is 10.3. The van der Waals surface area contributed by atoms with Crippen LogP contribution in [0.2, 0.25) is 0 Å². The summed E-state index contributed by atoms with van der Waals surface area (Å²) < 4.78 is 14.3. The number of rotatable bonds is 4. The molecule has 2 rings (SSSR count). The molecular weight excluding hydrogens is 291 g/mol. The van der Waals surface area contributed by atoms with Crippen LogP contribution in [0.15, 0.2) is 34.2 Å². The van der Waals surface area contributed by atoms with Gasteiger partial charge < -0.3 is 5.32 Å². The summed E-state index contributed by atoms with van der Waals surface area (Å²) in [5.41, 5.74) is 0.457. The van der Waals surface area contributed by atoms with E-state index in [4.69, 9.17) is 0 Å². The third-order valence-electron chi connectivity index (χ3n) is 2.05. The standard InChI is InChI=1S/C11H10BrFN2S/c12-8-4-9(16-7-8)5-14-6-11-10(13)2-1-3-15-11/h1-4,7,14H,5-6H2. The highest BCUT2D eigenvalue weighted by atomic mass is 79.9. The minimum atomic E-state index is -0.262. The summed E-state index contributed by atoms with van der Waals surface area (Å²) in [6.07, 6.45) is 1.60. The van der Waals surface area contributed by atoms with Gasteiger partial charge in [-0.05, 0) is 34.1 Å². The van der Waals surface area contributed by atoms with E-state index in [1.165, 1.54) is 10.9 Å². The lowest BCUT2D eigenvalue weighted by Gasteiger charge is -2.03. The van der Waals surface area contributed by atoms with Gasteiger partial charge in [0.1, 0.15) is 5.82 Å². The Kier molecular flexibility index (Phi) is 4.04. The molecule has 0 saturated carbocycles.